The second-order valence-electron chi connectivity index (χ2n) is 7.96. The van der Waals surface area contributed by atoms with Crippen LogP contribution < -0.4 is 21.1 Å². The standard InChI is InChI=1S/C25H32N4O2/c1-3-17-27-24(26)29-20-13-15-25(16-14-20,19-9-5-4-6-10-19)18-28-23(30)21-11-7-8-12-22(21)31-2/h3-12,20H,1,13-18H2,2H3,(H,28,30)(H3,26,27,29). The second-order valence-corrected chi connectivity index (χ2v) is 7.96. The molecule has 0 aliphatic heterocycles. The molecule has 2 aromatic rings. The van der Waals surface area contributed by atoms with Gasteiger partial charge in [0.15, 0.2) is 5.96 Å². The van der Waals surface area contributed by atoms with Crippen molar-refractivity contribution in [1.29, 1.82) is 0 Å². The lowest BCUT2D eigenvalue weighted by molar-refractivity contribution is 0.0932. The number of rotatable bonds is 8. The molecular weight excluding hydrogens is 388 g/mol. The second kappa shape index (κ2) is 10.7. The summed E-state index contributed by atoms with van der Waals surface area (Å²) in [6, 6.07) is 18.0. The van der Waals surface area contributed by atoms with E-state index in [1.807, 2.05) is 18.2 Å². The summed E-state index contributed by atoms with van der Waals surface area (Å²) in [5.41, 5.74) is 7.66. The van der Waals surface area contributed by atoms with Gasteiger partial charge in [-0.1, -0.05) is 48.5 Å². The maximum Gasteiger partial charge on any atom is 0.255 e. The molecule has 4 N–H and O–H groups in total. The molecule has 0 bridgehead atoms. The average Bonchev–Trinajstić information content (AvgIpc) is 2.82. The number of ether oxygens (including phenoxy) is 1. The predicted molar refractivity (Wildman–Crippen MR) is 126 cm³/mol. The van der Waals surface area contributed by atoms with Crippen molar-refractivity contribution in [3.05, 3.63) is 78.4 Å². The highest BCUT2D eigenvalue weighted by atomic mass is 16.5. The van der Waals surface area contributed by atoms with Gasteiger partial charge >= 0.3 is 0 Å². The van der Waals surface area contributed by atoms with Gasteiger partial charge in [-0.25, -0.2) is 4.99 Å². The van der Waals surface area contributed by atoms with Crippen molar-refractivity contribution in [2.75, 3.05) is 20.2 Å². The Morgan fingerprint density at radius 2 is 1.87 bits per heavy atom. The molecule has 0 radical (unpaired) electrons. The Morgan fingerprint density at radius 1 is 1.19 bits per heavy atom. The van der Waals surface area contributed by atoms with Crippen LogP contribution in [-0.2, 0) is 5.41 Å². The van der Waals surface area contributed by atoms with Gasteiger partial charge in [-0.05, 0) is 43.4 Å². The molecule has 1 aliphatic carbocycles. The van der Waals surface area contributed by atoms with E-state index in [4.69, 9.17) is 10.5 Å². The minimum Gasteiger partial charge on any atom is -0.496 e. The van der Waals surface area contributed by atoms with E-state index in [1.54, 1.807) is 25.3 Å². The third-order valence-electron chi connectivity index (χ3n) is 6.01. The van der Waals surface area contributed by atoms with Crippen molar-refractivity contribution in [2.45, 2.75) is 37.1 Å². The van der Waals surface area contributed by atoms with Crippen LogP contribution in [0.15, 0.2) is 72.2 Å². The van der Waals surface area contributed by atoms with E-state index >= 15 is 0 Å². The lowest BCUT2D eigenvalue weighted by Crippen LogP contribution is -2.48. The zero-order valence-electron chi connectivity index (χ0n) is 18.1. The Balaban J connectivity index is 1.71. The number of carbonyl (C=O) groups is 1. The molecule has 1 amide bonds. The fourth-order valence-corrected chi connectivity index (χ4v) is 4.27. The molecule has 0 unspecified atom stereocenters. The first-order chi connectivity index (χ1) is 15.1. The molecule has 31 heavy (non-hydrogen) atoms. The van der Waals surface area contributed by atoms with Crippen LogP contribution >= 0.6 is 0 Å². The number of nitrogens with two attached hydrogens (primary N) is 1. The number of amides is 1. The lowest BCUT2D eigenvalue weighted by Gasteiger charge is -2.41. The van der Waals surface area contributed by atoms with Gasteiger partial charge in [0.2, 0.25) is 0 Å². The fourth-order valence-electron chi connectivity index (χ4n) is 4.27. The summed E-state index contributed by atoms with van der Waals surface area (Å²) < 4.78 is 5.35. The summed E-state index contributed by atoms with van der Waals surface area (Å²) in [7, 11) is 1.58. The number of hydrogen-bond acceptors (Lipinski definition) is 3. The van der Waals surface area contributed by atoms with Gasteiger partial charge in [0.1, 0.15) is 5.75 Å². The molecule has 0 saturated heterocycles. The zero-order chi connectivity index (χ0) is 22.1. The molecule has 0 atom stereocenters. The Labute approximate surface area is 184 Å². The van der Waals surface area contributed by atoms with Crippen LogP contribution in [0.2, 0.25) is 0 Å². The molecule has 2 aromatic carbocycles. The molecule has 1 aliphatic rings. The minimum absolute atomic E-state index is 0.117. The summed E-state index contributed by atoms with van der Waals surface area (Å²) in [5.74, 6) is 0.923. The number of guanidine groups is 1. The molecule has 1 saturated carbocycles. The van der Waals surface area contributed by atoms with Gasteiger partial charge in [0, 0.05) is 18.0 Å². The maximum absolute atomic E-state index is 12.9. The normalized spacial score (nSPS) is 21.2. The number of benzene rings is 2. The molecule has 0 heterocycles. The SMILES string of the molecule is C=CCN=C(N)NC1CCC(CNC(=O)c2ccccc2OC)(c2ccccc2)CC1. The third-order valence-corrected chi connectivity index (χ3v) is 6.01. The largest absolute Gasteiger partial charge is 0.496 e. The lowest BCUT2D eigenvalue weighted by atomic mass is 9.68. The number of aliphatic imine (C=N–C) groups is 1. The molecule has 164 valence electrons. The van der Waals surface area contributed by atoms with E-state index in [1.165, 1.54) is 5.56 Å². The van der Waals surface area contributed by atoms with E-state index < -0.39 is 0 Å². The van der Waals surface area contributed by atoms with Crippen LogP contribution in [0, 0.1) is 0 Å². The summed E-state index contributed by atoms with van der Waals surface area (Å²) in [6.45, 7) is 4.75. The quantitative estimate of drug-likeness (QED) is 0.347. The predicted octanol–water partition coefficient (Wildman–Crippen LogP) is 3.40. The maximum atomic E-state index is 12.9. The van der Waals surface area contributed by atoms with Gasteiger partial charge < -0.3 is 21.1 Å². The van der Waals surface area contributed by atoms with E-state index in [0.29, 0.717) is 30.4 Å². The highest BCUT2D eigenvalue weighted by Crippen LogP contribution is 2.39. The van der Waals surface area contributed by atoms with Gasteiger partial charge in [0.25, 0.3) is 5.91 Å². The summed E-state index contributed by atoms with van der Waals surface area (Å²) >= 11 is 0. The molecule has 1 fully saturated rings. The van der Waals surface area contributed by atoms with Crippen LogP contribution in [0.25, 0.3) is 0 Å². The van der Waals surface area contributed by atoms with E-state index in [0.717, 1.165) is 25.7 Å². The van der Waals surface area contributed by atoms with Crippen molar-refractivity contribution >= 4 is 11.9 Å². The van der Waals surface area contributed by atoms with Crippen LogP contribution in [0.1, 0.15) is 41.6 Å². The molecule has 0 aromatic heterocycles. The molecular formula is C25H32N4O2. The number of hydrogen-bond donors (Lipinski definition) is 3. The number of nitrogens with zero attached hydrogens (tertiary/aromatic N) is 1. The van der Waals surface area contributed by atoms with Crippen LogP contribution in [0.5, 0.6) is 5.75 Å². The summed E-state index contributed by atoms with van der Waals surface area (Å²) in [6.07, 6.45) is 5.50. The minimum atomic E-state index is -0.121. The van der Waals surface area contributed by atoms with Crippen molar-refractivity contribution in [3.63, 3.8) is 0 Å². The molecule has 0 spiro atoms. The Bertz CT molecular complexity index is 903. The average molecular weight is 421 g/mol. The number of methoxy groups -OCH3 is 1. The Hall–Kier alpha value is -3.28. The Morgan fingerprint density at radius 3 is 2.55 bits per heavy atom. The number of carbonyl (C=O) groups excluding carboxylic acids is 1. The van der Waals surface area contributed by atoms with Crippen molar-refractivity contribution in [3.8, 4) is 5.75 Å². The van der Waals surface area contributed by atoms with Crippen LogP contribution in [-0.4, -0.2) is 38.1 Å². The fraction of sp³-hybridized carbons (Fsp3) is 0.360. The van der Waals surface area contributed by atoms with Crippen LogP contribution in [0.4, 0.5) is 0 Å². The highest BCUT2D eigenvalue weighted by molar-refractivity contribution is 5.97. The monoisotopic (exact) mass is 420 g/mol. The summed E-state index contributed by atoms with van der Waals surface area (Å²) in [5, 5.41) is 6.49. The van der Waals surface area contributed by atoms with E-state index in [2.05, 4.69) is 46.5 Å². The van der Waals surface area contributed by atoms with E-state index in [-0.39, 0.29) is 17.4 Å². The van der Waals surface area contributed by atoms with Crippen molar-refractivity contribution in [2.24, 2.45) is 10.7 Å². The van der Waals surface area contributed by atoms with Gasteiger partial charge in [0.05, 0.1) is 19.2 Å². The topological polar surface area (TPSA) is 88.7 Å². The third kappa shape index (κ3) is 5.66. The van der Waals surface area contributed by atoms with Crippen LogP contribution in [0.3, 0.4) is 0 Å². The van der Waals surface area contributed by atoms with Gasteiger partial charge in [-0.2, -0.15) is 0 Å². The van der Waals surface area contributed by atoms with Gasteiger partial charge in [-0.15, -0.1) is 6.58 Å². The molecule has 6 nitrogen and oxygen atoms in total. The van der Waals surface area contributed by atoms with Crippen molar-refractivity contribution < 1.29 is 9.53 Å². The first-order valence-electron chi connectivity index (χ1n) is 10.7. The van der Waals surface area contributed by atoms with Gasteiger partial charge in [-0.3, -0.25) is 4.79 Å². The Kier molecular flexibility index (Phi) is 7.70. The molecule has 6 heteroatoms. The smallest absolute Gasteiger partial charge is 0.255 e. The first kappa shape index (κ1) is 22.4. The first-order valence-corrected chi connectivity index (χ1v) is 10.7. The number of para-hydroxylation sites is 1. The highest BCUT2D eigenvalue weighted by Gasteiger charge is 2.37. The number of nitrogens with one attached hydrogen (secondary N) is 2. The zero-order valence-corrected chi connectivity index (χ0v) is 18.1. The van der Waals surface area contributed by atoms with E-state index in [9.17, 15) is 4.79 Å². The molecule has 3 rings (SSSR count). The summed E-state index contributed by atoms with van der Waals surface area (Å²) in [4.78, 5) is 17.1. The van der Waals surface area contributed by atoms with Crippen molar-refractivity contribution in [1.82, 2.24) is 10.6 Å².